The molecular formula is C22H27N5O3S. The van der Waals surface area contributed by atoms with Crippen LogP contribution < -0.4 is 14.5 Å². The molecule has 31 heavy (non-hydrogen) atoms. The standard InChI is InChI=1S/C22H27N5O3S/c1-15-11-18(25-22(24-15)26-8-3-2-4-9-26)14-23-31(29,30)19-12-16-5-6-20(28)27-10-7-17(13-19)21(16)27/h11-13,23H,2-10,14H2,1H3. The lowest BCUT2D eigenvalue weighted by Crippen LogP contribution is -2.33. The van der Waals surface area contributed by atoms with Crippen LogP contribution in [-0.2, 0) is 34.2 Å². The number of anilines is 2. The maximum absolute atomic E-state index is 13.1. The Morgan fingerprint density at radius 3 is 2.48 bits per heavy atom. The summed E-state index contributed by atoms with van der Waals surface area (Å²) in [5.41, 5.74) is 4.30. The maximum Gasteiger partial charge on any atom is 0.240 e. The number of carbonyl (C=O) groups excluding carboxylic acids is 1. The molecule has 3 aliphatic rings. The third kappa shape index (κ3) is 3.92. The molecule has 4 heterocycles. The minimum absolute atomic E-state index is 0.115. The van der Waals surface area contributed by atoms with Gasteiger partial charge in [-0.2, -0.15) is 0 Å². The number of nitrogens with one attached hydrogen (secondary N) is 1. The van der Waals surface area contributed by atoms with Crippen molar-refractivity contribution in [1.82, 2.24) is 14.7 Å². The number of amides is 1. The van der Waals surface area contributed by atoms with Gasteiger partial charge in [0.15, 0.2) is 0 Å². The molecule has 2 aromatic rings. The molecule has 8 nitrogen and oxygen atoms in total. The number of aromatic nitrogens is 2. The highest BCUT2D eigenvalue weighted by Gasteiger charge is 2.33. The summed E-state index contributed by atoms with van der Waals surface area (Å²) in [7, 11) is -3.70. The fraction of sp³-hybridized carbons (Fsp3) is 0.500. The number of hydrogen-bond donors (Lipinski definition) is 1. The Kier molecular flexibility index (Phi) is 5.18. The quantitative estimate of drug-likeness (QED) is 0.763. The minimum Gasteiger partial charge on any atom is -0.341 e. The number of aryl methyl sites for hydroxylation is 2. The number of benzene rings is 1. The fourth-order valence-corrected chi connectivity index (χ4v) is 5.88. The first-order chi connectivity index (χ1) is 14.9. The first-order valence-corrected chi connectivity index (χ1v) is 12.4. The summed E-state index contributed by atoms with van der Waals surface area (Å²) in [4.78, 5) is 25.5. The maximum atomic E-state index is 13.1. The Balaban J connectivity index is 1.36. The van der Waals surface area contributed by atoms with Gasteiger partial charge in [0.25, 0.3) is 0 Å². The molecule has 1 aromatic carbocycles. The van der Waals surface area contributed by atoms with Crippen LogP contribution in [0.3, 0.4) is 0 Å². The average Bonchev–Trinajstić information content (AvgIpc) is 3.21. The van der Waals surface area contributed by atoms with Crippen molar-refractivity contribution >= 4 is 27.6 Å². The third-order valence-corrected chi connectivity index (χ3v) is 7.69. The van der Waals surface area contributed by atoms with E-state index >= 15 is 0 Å². The number of nitrogens with zero attached hydrogens (tertiary/aromatic N) is 4. The molecular weight excluding hydrogens is 414 g/mol. The number of hydrogen-bond acceptors (Lipinski definition) is 6. The second-order valence-electron chi connectivity index (χ2n) is 8.56. The van der Waals surface area contributed by atoms with Crippen LogP contribution in [0, 0.1) is 6.92 Å². The smallest absolute Gasteiger partial charge is 0.240 e. The number of carbonyl (C=O) groups is 1. The predicted molar refractivity (Wildman–Crippen MR) is 118 cm³/mol. The summed E-state index contributed by atoms with van der Waals surface area (Å²) in [6, 6.07) is 5.26. The van der Waals surface area contributed by atoms with E-state index in [1.165, 1.54) is 6.42 Å². The highest BCUT2D eigenvalue weighted by molar-refractivity contribution is 7.89. The van der Waals surface area contributed by atoms with E-state index in [2.05, 4.69) is 19.6 Å². The molecule has 5 rings (SSSR count). The molecule has 164 valence electrons. The van der Waals surface area contributed by atoms with Gasteiger partial charge >= 0.3 is 0 Å². The minimum atomic E-state index is -3.70. The first-order valence-electron chi connectivity index (χ1n) is 11.0. The summed E-state index contributed by atoms with van der Waals surface area (Å²) in [5.74, 6) is 0.809. The molecule has 0 radical (unpaired) electrons. The van der Waals surface area contributed by atoms with Crippen molar-refractivity contribution < 1.29 is 13.2 Å². The summed E-state index contributed by atoms with van der Waals surface area (Å²) < 4.78 is 28.8. The van der Waals surface area contributed by atoms with Crippen LogP contribution in [-0.4, -0.2) is 43.9 Å². The van der Waals surface area contributed by atoms with E-state index in [1.54, 1.807) is 17.0 Å². The van der Waals surface area contributed by atoms with Gasteiger partial charge in [-0.05, 0) is 68.4 Å². The first kappa shape index (κ1) is 20.4. The Hall–Kier alpha value is -2.52. The van der Waals surface area contributed by atoms with Crippen LogP contribution in [0.15, 0.2) is 23.1 Å². The second kappa shape index (κ2) is 7.87. The molecule has 1 amide bonds. The summed E-state index contributed by atoms with van der Waals surface area (Å²) in [6.07, 6.45) is 5.20. The van der Waals surface area contributed by atoms with Gasteiger partial charge in [0.05, 0.1) is 22.8 Å². The zero-order valence-corrected chi connectivity index (χ0v) is 18.5. The summed E-state index contributed by atoms with van der Waals surface area (Å²) >= 11 is 0. The van der Waals surface area contributed by atoms with Gasteiger partial charge in [-0.3, -0.25) is 4.79 Å². The Morgan fingerprint density at radius 1 is 0.968 bits per heavy atom. The van der Waals surface area contributed by atoms with E-state index in [9.17, 15) is 13.2 Å². The van der Waals surface area contributed by atoms with Gasteiger partial charge < -0.3 is 9.80 Å². The van der Waals surface area contributed by atoms with Crippen LogP contribution in [0.4, 0.5) is 11.6 Å². The highest BCUT2D eigenvalue weighted by atomic mass is 32.2. The molecule has 0 aliphatic carbocycles. The van der Waals surface area contributed by atoms with Gasteiger partial charge in [-0.1, -0.05) is 0 Å². The molecule has 0 atom stereocenters. The molecule has 9 heteroatoms. The largest absolute Gasteiger partial charge is 0.341 e. The fourth-order valence-electron chi connectivity index (χ4n) is 4.78. The van der Waals surface area contributed by atoms with E-state index in [1.807, 2.05) is 13.0 Å². The van der Waals surface area contributed by atoms with Crippen LogP contribution >= 0.6 is 0 Å². The van der Waals surface area contributed by atoms with E-state index in [-0.39, 0.29) is 17.3 Å². The lowest BCUT2D eigenvalue weighted by atomic mass is 10.00. The molecule has 0 saturated carbocycles. The SMILES string of the molecule is Cc1cc(CNS(=O)(=O)c2cc3c4c(c2)CCN4C(=O)CC3)nc(N2CCCCC2)n1. The van der Waals surface area contributed by atoms with Crippen LogP contribution in [0.2, 0.25) is 0 Å². The van der Waals surface area contributed by atoms with Crippen molar-refractivity contribution in [2.75, 3.05) is 29.4 Å². The van der Waals surface area contributed by atoms with Gasteiger partial charge in [-0.25, -0.2) is 23.1 Å². The Labute approximate surface area is 182 Å². The van der Waals surface area contributed by atoms with Crippen molar-refractivity contribution in [3.8, 4) is 0 Å². The molecule has 1 aromatic heterocycles. The van der Waals surface area contributed by atoms with Crippen molar-refractivity contribution in [3.63, 3.8) is 0 Å². The molecule has 0 bridgehead atoms. The van der Waals surface area contributed by atoms with Gasteiger partial charge in [0, 0.05) is 31.7 Å². The second-order valence-corrected chi connectivity index (χ2v) is 10.3. The molecule has 1 fully saturated rings. The number of sulfonamides is 1. The van der Waals surface area contributed by atoms with Crippen LogP contribution in [0.5, 0.6) is 0 Å². The third-order valence-electron chi connectivity index (χ3n) is 6.31. The van der Waals surface area contributed by atoms with Crippen LogP contribution in [0.25, 0.3) is 0 Å². The van der Waals surface area contributed by atoms with Crippen LogP contribution in [0.1, 0.15) is 48.2 Å². The molecule has 1 saturated heterocycles. The lowest BCUT2D eigenvalue weighted by molar-refractivity contribution is -0.118. The molecule has 0 unspecified atom stereocenters. The molecule has 0 spiro atoms. The highest BCUT2D eigenvalue weighted by Crippen LogP contribution is 2.38. The van der Waals surface area contributed by atoms with E-state index in [0.29, 0.717) is 37.4 Å². The van der Waals surface area contributed by atoms with Gasteiger partial charge in [0.2, 0.25) is 21.9 Å². The molecule has 1 N–H and O–H groups in total. The van der Waals surface area contributed by atoms with Crippen molar-refractivity contribution in [1.29, 1.82) is 0 Å². The average molecular weight is 442 g/mol. The van der Waals surface area contributed by atoms with Crippen molar-refractivity contribution in [2.24, 2.45) is 0 Å². The topological polar surface area (TPSA) is 95.5 Å². The van der Waals surface area contributed by atoms with E-state index < -0.39 is 10.0 Å². The van der Waals surface area contributed by atoms with Crippen molar-refractivity contribution in [2.45, 2.75) is 56.9 Å². The predicted octanol–water partition coefficient (Wildman–Crippen LogP) is 2.09. The monoisotopic (exact) mass is 441 g/mol. The summed E-state index contributed by atoms with van der Waals surface area (Å²) in [5, 5.41) is 0. The van der Waals surface area contributed by atoms with E-state index in [0.717, 1.165) is 48.4 Å². The summed E-state index contributed by atoms with van der Waals surface area (Å²) in [6.45, 7) is 4.53. The molecule has 3 aliphatic heterocycles. The Morgan fingerprint density at radius 2 is 1.71 bits per heavy atom. The van der Waals surface area contributed by atoms with Gasteiger partial charge in [0.1, 0.15) is 0 Å². The number of piperidine rings is 1. The normalized spacial score (nSPS) is 18.4. The lowest BCUT2D eigenvalue weighted by Gasteiger charge is -2.27. The number of rotatable bonds is 5. The van der Waals surface area contributed by atoms with Gasteiger partial charge in [-0.15, -0.1) is 0 Å². The Bertz CT molecular complexity index is 1140. The van der Waals surface area contributed by atoms with Crippen molar-refractivity contribution in [3.05, 3.63) is 40.7 Å². The van der Waals surface area contributed by atoms with E-state index in [4.69, 9.17) is 0 Å². The zero-order valence-electron chi connectivity index (χ0n) is 17.7. The zero-order chi connectivity index (χ0) is 21.6.